The number of likely N-dealkylation sites (N-methyl/N-ethyl adjacent to an activating group) is 1. The average Bonchev–Trinajstić information content (AvgIpc) is 2.49. The molecule has 1 unspecified atom stereocenters. The predicted molar refractivity (Wildman–Crippen MR) is 70.3 cm³/mol. The van der Waals surface area contributed by atoms with Gasteiger partial charge in [-0.15, -0.1) is 0 Å². The summed E-state index contributed by atoms with van der Waals surface area (Å²) in [6.45, 7) is 2.07. The van der Waals surface area contributed by atoms with E-state index >= 15 is 0 Å². The van der Waals surface area contributed by atoms with Crippen LogP contribution in [0.25, 0.3) is 0 Å². The first kappa shape index (κ1) is 13.4. The van der Waals surface area contributed by atoms with Crippen LogP contribution in [-0.4, -0.2) is 43.0 Å². The number of hydrogen-bond donors (Lipinski definition) is 1. The minimum Gasteiger partial charge on any atom is -0.317 e. The first-order valence-corrected chi connectivity index (χ1v) is 8.03. The van der Waals surface area contributed by atoms with Crippen molar-refractivity contribution >= 4 is 9.84 Å². The van der Waals surface area contributed by atoms with E-state index in [9.17, 15) is 8.42 Å². The lowest BCUT2D eigenvalue weighted by molar-refractivity contribution is 0.587. The SMILES string of the molecule is CNC(C)Cc1ncc2c(n1)CCS(=O)(=O)CC2. The Balaban J connectivity index is 2.20. The molecule has 0 amide bonds. The molecular formula is C12H19N3O2S. The van der Waals surface area contributed by atoms with E-state index in [-0.39, 0.29) is 11.5 Å². The molecule has 1 aromatic rings. The second kappa shape index (κ2) is 5.32. The highest BCUT2D eigenvalue weighted by Gasteiger charge is 2.20. The molecule has 0 aliphatic carbocycles. The van der Waals surface area contributed by atoms with Crippen LogP contribution in [0.4, 0.5) is 0 Å². The number of aromatic nitrogens is 2. The minimum atomic E-state index is -2.91. The molecule has 0 saturated carbocycles. The highest BCUT2D eigenvalue weighted by molar-refractivity contribution is 7.91. The molecule has 0 aromatic carbocycles. The van der Waals surface area contributed by atoms with Crippen LogP contribution in [-0.2, 0) is 29.1 Å². The summed E-state index contributed by atoms with van der Waals surface area (Å²) >= 11 is 0. The molecule has 6 heteroatoms. The predicted octanol–water partition coefficient (Wildman–Crippen LogP) is 0.140. The smallest absolute Gasteiger partial charge is 0.151 e. The van der Waals surface area contributed by atoms with Crippen molar-refractivity contribution < 1.29 is 8.42 Å². The quantitative estimate of drug-likeness (QED) is 0.845. The Kier molecular flexibility index (Phi) is 3.97. The summed E-state index contributed by atoms with van der Waals surface area (Å²) in [5.74, 6) is 1.21. The third-order valence-electron chi connectivity index (χ3n) is 3.32. The van der Waals surface area contributed by atoms with Crippen LogP contribution < -0.4 is 5.32 Å². The summed E-state index contributed by atoms with van der Waals surface area (Å²) in [6.07, 6.45) is 3.61. The molecule has 18 heavy (non-hydrogen) atoms. The Morgan fingerprint density at radius 3 is 2.83 bits per heavy atom. The molecule has 100 valence electrons. The second-order valence-corrected chi connectivity index (χ2v) is 7.11. The van der Waals surface area contributed by atoms with E-state index < -0.39 is 9.84 Å². The molecule has 1 atom stereocenters. The zero-order valence-corrected chi connectivity index (χ0v) is 11.6. The fraction of sp³-hybridized carbons (Fsp3) is 0.667. The molecule has 2 heterocycles. The number of hydrogen-bond acceptors (Lipinski definition) is 5. The monoisotopic (exact) mass is 269 g/mol. The van der Waals surface area contributed by atoms with Gasteiger partial charge in [0.2, 0.25) is 0 Å². The van der Waals surface area contributed by atoms with Gasteiger partial charge in [0.25, 0.3) is 0 Å². The molecule has 2 rings (SSSR count). The molecular weight excluding hydrogens is 250 g/mol. The van der Waals surface area contributed by atoms with Crippen molar-refractivity contribution in [2.75, 3.05) is 18.6 Å². The molecule has 1 N–H and O–H groups in total. The Labute approximate surface area is 108 Å². The van der Waals surface area contributed by atoms with Gasteiger partial charge < -0.3 is 5.32 Å². The molecule has 5 nitrogen and oxygen atoms in total. The van der Waals surface area contributed by atoms with Crippen molar-refractivity contribution in [1.82, 2.24) is 15.3 Å². The van der Waals surface area contributed by atoms with E-state index in [2.05, 4.69) is 22.2 Å². The van der Waals surface area contributed by atoms with Crippen LogP contribution in [0.3, 0.4) is 0 Å². The van der Waals surface area contributed by atoms with E-state index in [1.54, 1.807) is 6.20 Å². The molecule has 1 aliphatic rings. The lowest BCUT2D eigenvalue weighted by Crippen LogP contribution is -2.25. The van der Waals surface area contributed by atoms with E-state index in [0.29, 0.717) is 18.9 Å². The zero-order chi connectivity index (χ0) is 13.2. The van der Waals surface area contributed by atoms with Crippen molar-refractivity contribution in [3.8, 4) is 0 Å². The topological polar surface area (TPSA) is 72.0 Å². The largest absolute Gasteiger partial charge is 0.317 e. The number of rotatable bonds is 3. The minimum absolute atomic E-state index is 0.206. The van der Waals surface area contributed by atoms with Gasteiger partial charge in [0, 0.05) is 30.8 Å². The van der Waals surface area contributed by atoms with Gasteiger partial charge in [0.05, 0.1) is 11.5 Å². The van der Waals surface area contributed by atoms with Crippen molar-refractivity contribution in [3.63, 3.8) is 0 Å². The number of nitrogens with zero attached hydrogens (tertiary/aromatic N) is 2. The summed E-state index contributed by atoms with van der Waals surface area (Å²) in [5.41, 5.74) is 1.89. The highest BCUT2D eigenvalue weighted by atomic mass is 32.2. The molecule has 0 radical (unpaired) electrons. The van der Waals surface area contributed by atoms with Crippen LogP contribution in [0, 0.1) is 0 Å². The van der Waals surface area contributed by atoms with Gasteiger partial charge in [-0.05, 0) is 26.0 Å². The molecule has 0 spiro atoms. The summed E-state index contributed by atoms with van der Waals surface area (Å²) < 4.78 is 23.2. The van der Waals surface area contributed by atoms with Crippen LogP contribution in [0.5, 0.6) is 0 Å². The first-order chi connectivity index (χ1) is 8.50. The van der Waals surface area contributed by atoms with Crippen molar-refractivity contribution in [3.05, 3.63) is 23.3 Å². The molecule has 0 bridgehead atoms. The van der Waals surface area contributed by atoms with Crippen molar-refractivity contribution in [2.24, 2.45) is 0 Å². The molecule has 0 saturated heterocycles. The maximum Gasteiger partial charge on any atom is 0.151 e. The van der Waals surface area contributed by atoms with Crippen LogP contribution in [0.15, 0.2) is 6.20 Å². The van der Waals surface area contributed by atoms with Gasteiger partial charge in [-0.2, -0.15) is 0 Å². The third kappa shape index (κ3) is 3.26. The number of aryl methyl sites for hydroxylation is 2. The molecule has 1 aromatic heterocycles. The second-order valence-electron chi connectivity index (χ2n) is 4.80. The van der Waals surface area contributed by atoms with Crippen LogP contribution in [0.2, 0.25) is 0 Å². The normalized spacial score (nSPS) is 19.9. The number of fused-ring (bicyclic) bond motifs is 1. The van der Waals surface area contributed by atoms with E-state index in [4.69, 9.17) is 0 Å². The lowest BCUT2D eigenvalue weighted by Gasteiger charge is -2.10. The van der Waals surface area contributed by atoms with E-state index in [1.807, 2.05) is 7.05 Å². The van der Waals surface area contributed by atoms with Crippen molar-refractivity contribution in [1.29, 1.82) is 0 Å². The van der Waals surface area contributed by atoms with Crippen molar-refractivity contribution in [2.45, 2.75) is 32.2 Å². The summed E-state index contributed by atoms with van der Waals surface area (Å²) in [4.78, 5) is 8.83. The van der Waals surface area contributed by atoms with Gasteiger partial charge >= 0.3 is 0 Å². The highest BCUT2D eigenvalue weighted by Crippen LogP contribution is 2.15. The summed E-state index contributed by atoms with van der Waals surface area (Å²) in [6, 6.07) is 0.317. The van der Waals surface area contributed by atoms with Crippen LogP contribution in [0.1, 0.15) is 24.0 Å². The standard InChI is InChI=1S/C12H19N3O2S/c1-9(13-2)7-12-14-8-10-3-5-18(16,17)6-4-11(10)15-12/h8-9,13H,3-7H2,1-2H3. The maximum absolute atomic E-state index is 11.6. The zero-order valence-electron chi connectivity index (χ0n) is 10.8. The fourth-order valence-electron chi connectivity index (χ4n) is 2.00. The van der Waals surface area contributed by atoms with Crippen LogP contribution >= 0.6 is 0 Å². The maximum atomic E-state index is 11.6. The lowest BCUT2D eigenvalue weighted by atomic mass is 10.1. The summed E-state index contributed by atoms with van der Waals surface area (Å²) in [7, 11) is -1.00. The van der Waals surface area contributed by atoms with Gasteiger partial charge in [-0.25, -0.2) is 18.4 Å². The summed E-state index contributed by atoms with van der Waals surface area (Å²) in [5, 5.41) is 3.14. The van der Waals surface area contributed by atoms with Gasteiger partial charge in [-0.1, -0.05) is 0 Å². The van der Waals surface area contributed by atoms with Gasteiger partial charge in [0.15, 0.2) is 9.84 Å². The Morgan fingerprint density at radius 2 is 2.11 bits per heavy atom. The van der Waals surface area contributed by atoms with E-state index in [1.165, 1.54) is 0 Å². The number of sulfone groups is 1. The van der Waals surface area contributed by atoms with E-state index in [0.717, 1.165) is 23.5 Å². The first-order valence-electron chi connectivity index (χ1n) is 6.21. The van der Waals surface area contributed by atoms with Gasteiger partial charge in [0.1, 0.15) is 5.82 Å². The average molecular weight is 269 g/mol. The molecule has 0 fully saturated rings. The van der Waals surface area contributed by atoms with Gasteiger partial charge in [-0.3, -0.25) is 0 Å². The Hall–Kier alpha value is -1.01. The molecule has 1 aliphatic heterocycles. The Morgan fingerprint density at radius 1 is 1.39 bits per heavy atom. The third-order valence-corrected chi connectivity index (χ3v) is 4.97. The Bertz CT molecular complexity index is 528. The fourth-order valence-corrected chi connectivity index (χ4v) is 3.24. The number of nitrogens with one attached hydrogen (secondary N) is 1.